The second-order valence-corrected chi connectivity index (χ2v) is 31.1. The van der Waals surface area contributed by atoms with Gasteiger partial charge in [0.15, 0.2) is 16.6 Å². The molecule has 0 fully saturated rings. The van der Waals surface area contributed by atoms with Crippen LogP contribution in [-0.2, 0) is 18.9 Å². The maximum absolute atomic E-state index is 14.6. The smallest absolute Gasteiger partial charge is 0.240 e. The first-order valence-corrected chi connectivity index (χ1v) is 26.2. The van der Waals surface area contributed by atoms with E-state index in [4.69, 9.17) is 8.85 Å². The van der Waals surface area contributed by atoms with Gasteiger partial charge in [-0.2, -0.15) is 0 Å². The third-order valence-corrected chi connectivity index (χ3v) is 23.8. The number of benzene rings is 1. The molecule has 1 aromatic rings. The molecule has 0 unspecified atom stereocenters. The van der Waals surface area contributed by atoms with Crippen LogP contribution in [0.1, 0.15) is 108 Å². The lowest BCUT2D eigenvalue weighted by Crippen LogP contribution is -2.72. The number of rotatable bonds is 12. The molecule has 2 N–H and O–H groups in total. The van der Waals surface area contributed by atoms with Crippen molar-refractivity contribution in [1.29, 1.82) is 0 Å². The Morgan fingerprint density at radius 3 is 1.68 bits per heavy atom. The van der Waals surface area contributed by atoms with Crippen LogP contribution in [0.3, 0.4) is 0 Å². The molecule has 6 nitrogen and oxygen atoms in total. The molecule has 0 spiro atoms. The van der Waals surface area contributed by atoms with Crippen molar-refractivity contribution >= 4 is 26.7 Å². The second kappa shape index (κ2) is 14.6. The predicted molar refractivity (Wildman–Crippen MR) is 216 cm³/mol. The molecule has 286 valence electrons. The van der Waals surface area contributed by atoms with Crippen molar-refractivity contribution in [2.24, 2.45) is 28.1 Å². The number of aliphatic hydroxyl groups excluding tert-OH is 1. The normalized spacial score (nSPS) is 28.6. The molecule has 0 aromatic heterocycles. The fraction of sp³-hybridized carbons (Fsp3) is 0.756. The zero-order valence-electron chi connectivity index (χ0n) is 34.8. The van der Waals surface area contributed by atoms with Gasteiger partial charge in [0.1, 0.15) is 0 Å². The summed E-state index contributed by atoms with van der Waals surface area (Å²) in [6.07, 6.45) is 6.49. The van der Waals surface area contributed by atoms with Gasteiger partial charge in [-0.05, 0) is 86.9 Å². The number of sulfonamides is 1. The summed E-state index contributed by atoms with van der Waals surface area (Å²) in [5, 5.41) is 13.0. The second-order valence-electron chi connectivity index (χ2n) is 19.8. The highest BCUT2D eigenvalue weighted by Crippen LogP contribution is 2.65. The summed E-state index contributed by atoms with van der Waals surface area (Å²) < 4.78 is 47.1. The van der Waals surface area contributed by atoms with Crippen LogP contribution in [0.5, 0.6) is 0 Å². The topological polar surface area (TPSA) is 84.9 Å². The molecule has 0 saturated heterocycles. The summed E-state index contributed by atoms with van der Waals surface area (Å²) >= 11 is 0. The lowest BCUT2D eigenvalue weighted by atomic mass is 9.42. The maximum atomic E-state index is 14.6. The molecule has 3 rings (SSSR count). The molecule has 0 heterocycles. The van der Waals surface area contributed by atoms with Gasteiger partial charge >= 0.3 is 0 Å². The van der Waals surface area contributed by atoms with Gasteiger partial charge in [-0.25, -0.2) is 13.1 Å². The van der Waals surface area contributed by atoms with E-state index in [2.05, 4.69) is 126 Å². The predicted octanol–water partition coefficient (Wildman–Crippen LogP) is 10.4. The minimum absolute atomic E-state index is 0.0553. The van der Waals surface area contributed by atoms with E-state index in [1.54, 1.807) is 12.1 Å². The number of hydrogen-bond donors (Lipinski definition) is 2. The van der Waals surface area contributed by atoms with Crippen molar-refractivity contribution in [3.05, 3.63) is 53.1 Å². The lowest BCUT2D eigenvalue weighted by Gasteiger charge is -2.66. The standard InChI is InChI=1S/C41H73NO5SSi2/c1-18-19-20-32-25-30(3)41(28-47-50(16,17)39(11,12)13)36(43)34(37(5,6)7)26-31(4)40(41,27-46-49(14,15)38(8,9)10)35(32)42-48(44,45)33-23-21-29(2)22-24-33/h21-26,32,34-36,42-43H,18-20,27-28H2,1-17H3/t32-,34-,35-,36-,40-,41-/m1/s1. The van der Waals surface area contributed by atoms with E-state index in [-0.39, 0.29) is 45.4 Å². The van der Waals surface area contributed by atoms with E-state index in [1.807, 2.05) is 19.1 Å². The van der Waals surface area contributed by atoms with Crippen LogP contribution in [0.2, 0.25) is 36.3 Å². The minimum atomic E-state index is -3.96. The number of nitrogens with one attached hydrogen (secondary N) is 1. The van der Waals surface area contributed by atoms with E-state index in [0.29, 0.717) is 0 Å². The zero-order valence-corrected chi connectivity index (χ0v) is 37.6. The minimum Gasteiger partial charge on any atom is -0.416 e. The number of aliphatic hydroxyl groups is 1. The molecule has 2 aliphatic carbocycles. The molecule has 6 atom stereocenters. The van der Waals surface area contributed by atoms with Gasteiger partial charge in [0.25, 0.3) is 0 Å². The molecular weight excluding hydrogens is 675 g/mol. The molecule has 0 radical (unpaired) electrons. The molecule has 50 heavy (non-hydrogen) atoms. The summed E-state index contributed by atoms with van der Waals surface area (Å²) in [6.45, 7) is 38.1. The Morgan fingerprint density at radius 2 is 1.24 bits per heavy atom. The highest BCUT2D eigenvalue weighted by atomic mass is 32.2. The Bertz CT molecular complexity index is 1510. The zero-order chi connectivity index (χ0) is 38.5. The summed E-state index contributed by atoms with van der Waals surface area (Å²) in [5.74, 6) is -0.294. The van der Waals surface area contributed by atoms with Crippen molar-refractivity contribution in [1.82, 2.24) is 4.72 Å². The van der Waals surface area contributed by atoms with E-state index in [1.165, 1.54) is 0 Å². The van der Waals surface area contributed by atoms with E-state index in [9.17, 15) is 13.5 Å². The van der Waals surface area contributed by atoms with Crippen molar-refractivity contribution in [2.45, 2.75) is 163 Å². The average Bonchev–Trinajstić information content (AvgIpc) is 2.96. The highest BCUT2D eigenvalue weighted by Gasteiger charge is 2.69. The molecule has 2 aliphatic rings. The summed E-state index contributed by atoms with van der Waals surface area (Å²) in [4.78, 5) is 0.248. The van der Waals surface area contributed by atoms with Crippen LogP contribution in [-0.4, -0.2) is 55.5 Å². The highest BCUT2D eigenvalue weighted by molar-refractivity contribution is 7.89. The fourth-order valence-corrected chi connectivity index (χ4v) is 11.1. The monoisotopic (exact) mass is 747 g/mol. The van der Waals surface area contributed by atoms with Gasteiger partial charge in [0.05, 0.1) is 16.4 Å². The Labute approximate surface area is 309 Å². The molecule has 0 saturated carbocycles. The number of hydrogen-bond acceptors (Lipinski definition) is 5. The Morgan fingerprint density at radius 1 is 0.780 bits per heavy atom. The first-order chi connectivity index (χ1) is 22.5. The molecule has 9 heteroatoms. The van der Waals surface area contributed by atoms with Crippen LogP contribution >= 0.6 is 0 Å². The molecule has 0 bridgehead atoms. The quantitative estimate of drug-likeness (QED) is 0.164. The summed E-state index contributed by atoms with van der Waals surface area (Å²) in [7, 11) is -8.66. The van der Waals surface area contributed by atoms with Crippen LogP contribution in [0, 0.1) is 35.0 Å². The Balaban J connectivity index is 2.51. The molecule has 0 amide bonds. The lowest BCUT2D eigenvalue weighted by molar-refractivity contribution is -0.145. The van der Waals surface area contributed by atoms with Gasteiger partial charge in [0, 0.05) is 30.6 Å². The average molecular weight is 748 g/mol. The van der Waals surface area contributed by atoms with E-state index in [0.717, 1.165) is 36.0 Å². The maximum Gasteiger partial charge on any atom is 0.240 e. The van der Waals surface area contributed by atoms with E-state index < -0.39 is 49.6 Å². The molecule has 1 aromatic carbocycles. The summed E-state index contributed by atoms with van der Waals surface area (Å²) in [5.41, 5.74) is 1.02. The van der Waals surface area contributed by atoms with Crippen LogP contribution in [0.4, 0.5) is 0 Å². The van der Waals surface area contributed by atoms with Gasteiger partial charge in [-0.3, -0.25) is 0 Å². The van der Waals surface area contributed by atoms with Crippen molar-refractivity contribution in [3.63, 3.8) is 0 Å². The van der Waals surface area contributed by atoms with Crippen molar-refractivity contribution < 1.29 is 22.4 Å². The molecule has 0 aliphatic heterocycles. The Hall–Kier alpha value is -1.08. The first-order valence-electron chi connectivity index (χ1n) is 18.9. The summed E-state index contributed by atoms with van der Waals surface area (Å²) in [6, 6.07) is 6.52. The Kier molecular flexibility index (Phi) is 12.7. The number of fused-ring (bicyclic) bond motifs is 1. The van der Waals surface area contributed by atoms with E-state index >= 15 is 0 Å². The number of aryl methyl sites for hydroxylation is 1. The van der Waals surface area contributed by atoms with Crippen LogP contribution < -0.4 is 4.72 Å². The van der Waals surface area contributed by atoms with Crippen LogP contribution in [0.25, 0.3) is 0 Å². The largest absolute Gasteiger partial charge is 0.416 e. The van der Waals surface area contributed by atoms with Gasteiger partial charge in [0.2, 0.25) is 10.0 Å². The SMILES string of the molecule is CCCC[C@@H]1C=C(C)[C@]2(CO[Si](C)(C)C(C)(C)C)[C@H](O)[C@H](C(C)(C)C)C=C(C)[C@]2(CO[Si](C)(C)C(C)(C)C)[C@@H]1NS(=O)(=O)c1ccc(C)cc1. The van der Waals surface area contributed by atoms with Gasteiger partial charge < -0.3 is 14.0 Å². The number of unbranched alkanes of at least 4 members (excludes halogenated alkanes) is 1. The third kappa shape index (κ3) is 8.04. The van der Waals surface area contributed by atoms with Gasteiger partial charge in [-0.15, -0.1) is 0 Å². The first kappa shape index (κ1) is 43.3. The van der Waals surface area contributed by atoms with Crippen LogP contribution in [0.15, 0.2) is 52.5 Å². The third-order valence-electron chi connectivity index (χ3n) is 13.3. The van der Waals surface area contributed by atoms with Gasteiger partial charge in [-0.1, -0.05) is 123 Å². The van der Waals surface area contributed by atoms with Crippen molar-refractivity contribution in [3.8, 4) is 0 Å². The van der Waals surface area contributed by atoms with Crippen molar-refractivity contribution in [2.75, 3.05) is 13.2 Å². The fourth-order valence-electron chi connectivity index (χ4n) is 7.71. The molecular formula is C41H73NO5SSi2.